The molecule has 1 atom stereocenters. The minimum absolute atomic E-state index is 0.112. The van der Waals surface area contributed by atoms with Crippen molar-refractivity contribution in [1.82, 2.24) is 9.62 Å². The van der Waals surface area contributed by atoms with E-state index >= 15 is 0 Å². The Morgan fingerprint density at radius 2 is 1.54 bits per heavy atom. The van der Waals surface area contributed by atoms with E-state index in [1.807, 2.05) is 19.9 Å². The van der Waals surface area contributed by atoms with Gasteiger partial charge in [-0.1, -0.05) is 26.7 Å². The van der Waals surface area contributed by atoms with Gasteiger partial charge in [0.25, 0.3) is 5.91 Å². The fourth-order valence-electron chi connectivity index (χ4n) is 4.62. The zero-order valence-electron chi connectivity index (χ0n) is 21.7. The van der Waals surface area contributed by atoms with Crippen LogP contribution in [0.25, 0.3) is 0 Å². The van der Waals surface area contributed by atoms with E-state index in [9.17, 15) is 13.2 Å². The minimum Gasteiger partial charge on any atom is -0.496 e. The van der Waals surface area contributed by atoms with E-state index < -0.39 is 10.0 Å². The number of carbonyl (C=O) groups excluding carboxylic acids is 1. The van der Waals surface area contributed by atoms with Crippen LogP contribution in [0, 0.1) is 6.92 Å². The van der Waals surface area contributed by atoms with Crippen molar-refractivity contribution in [1.29, 1.82) is 0 Å². The zero-order chi connectivity index (χ0) is 25.8. The number of amides is 1. The lowest BCUT2D eigenvalue weighted by atomic mass is 9.93. The summed E-state index contributed by atoms with van der Waals surface area (Å²) in [4.78, 5) is 13.5. The van der Waals surface area contributed by atoms with Crippen molar-refractivity contribution in [2.75, 3.05) is 27.3 Å². The Bertz CT molecular complexity index is 1150. The highest BCUT2D eigenvalue weighted by Gasteiger charge is 2.27. The Labute approximate surface area is 209 Å². The van der Waals surface area contributed by atoms with Crippen LogP contribution < -0.4 is 14.8 Å². The fourth-order valence-corrected chi connectivity index (χ4v) is 6.16. The largest absolute Gasteiger partial charge is 0.496 e. The molecule has 192 valence electrons. The minimum atomic E-state index is -3.69. The number of hydrogen-bond donors (Lipinski definition) is 1. The van der Waals surface area contributed by atoms with Gasteiger partial charge in [0.1, 0.15) is 11.5 Å². The maximum absolute atomic E-state index is 13.3. The molecule has 1 heterocycles. The summed E-state index contributed by atoms with van der Waals surface area (Å²) in [7, 11) is -0.562. The Morgan fingerprint density at radius 3 is 2.11 bits per heavy atom. The summed E-state index contributed by atoms with van der Waals surface area (Å²) in [5, 5.41) is 3.03. The molecule has 1 saturated heterocycles. The van der Waals surface area contributed by atoms with E-state index in [0.29, 0.717) is 18.8 Å². The summed E-state index contributed by atoms with van der Waals surface area (Å²) in [5.41, 5.74) is 3.25. The Hall–Kier alpha value is -2.58. The number of aryl methyl sites for hydroxylation is 1. The predicted molar refractivity (Wildman–Crippen MR) is 138 cm³/mol. The van der Waals surface area contributed by atoms with Gasteiger partial charge in [-0.05, 0) is 79.6 Å². The first-order valence-corrected chi connectivity index (χ1v) is 13.7. The molecule has 0 radical (unpaired) electrons. The topological polar surface area (TPSA) is 84.9 Å². The summed E-state index contributed by atoms with van der Waals surface area (Å²) in [6, 6.07) is 8.26. The molecule has 2 aromatic rings. The number of ether oxygens (including phenoxy) is 2. The fraction of sp³-hybridized carbons (Fsp3) is 0.519. The molecular weight excluding hydrogens is 464 g/mol. The van der Waals surface area contributed by atoms with Crippen LogP contribution in [0.15, 0.2) is 35.2 Å². The second-order valence-electron chi connectivity index (χ2n) is 9.48. The zero-order valence-corrected chi connectivity index (χ0v) is 22.5. The van der Waals surface area contributed by atoms with E-state index in [-0.39, 0.29) is 28.3 Å². The van der Waals surface area contributed by atoms with Crippen LogP contribution >= 0.6 is 0 Å². The highest BCUT2D eigenvalue weighted by Crippen LogP contribution is 2.33. The highest BCUT2D eigenvalue weighted by molar-refractivity contribution is 7.89. The quantitative estimate of drug-likeness (QED) is 0.537. The van der Waals surface area contributed by atoms with E-state index in [1.165, 1.54) is 23.5 Å². The number of methoxy groups -OCH3 is 2. The third-order valence-corrected chi connectivity index (χ3v) is 8.57. The van der Waals surface area contributed by atoms with Crippen molar-refractivity contribution in [3.05, 3.63) is 52.6 Å². The number of carbonyl (C=O) groups is 1. The van der Waals surface area contributed by atoms with Crippen LogP contribution in [0.3, 0.4) is 0 Å². The van der Waals surface area contributed by atoms with Crippen LogP contribution in [0.4, 0.5) is 0 Å². The molecule has 0 bridgehead atoms. The average molecular weight is 503 g/mol. The number of hydrogen-bond acceptors (Lipinski definition) is 5. The maximum Gasteiger partial charge on any atom is 0.255 e. The van der Waals surface area contributed by atoms with Gasteiger partial charge in [-0.2, -0.15) is 4.31 Å². The number of nitrogens with zero attached hydrogens (tertiary/aromatic N) is 1. The van der Waals surface area contributed by atoms with E-state index in [0.717, 1.165) is 48.1 Å². The summed E-state index contributed by atoms with van der Waals surface area (Å²) in [5.74, 6) is 1.03. The second-order valence-corrected chi connectivity index (χ2v) is 11.4. The number of benzene rings is 2. The van der Waals surface area contributed by atoms with E-state index in [2.05, 4.69) is 25.2 Å². The third kappa shape index (κ3) is 5.98. The van der Waals surface area contributed by atoms with Crippen molar-refractivity contribution in [3.63, 3.8) is 0 Å². The molecule has 0 saturated carbocycles. The van der Waals surface area contributed by atoms with Gasteiger partial charge in [-0.25, -0.2) is 8.42 Å². The van der Waals surface area contributed by atoms with Crippen molar-refractivity contribution in [3.8, 4) is 11.5 Å². The van der Waals surface area contributed by atoms with Crippen LogP contribution in [0.1, 0.15) is 85.5 Å². The number of nitrogens with one attached hydrogen (secondary N) is 1. The van der Waals surface area contributed by atoms with Crippen molar-refractivity contribution >= 4 is 15.9 Å². The molecule has 0 spiro atoms. The van der Waals surface area contributed by atoms with Gasteiger partial charge >= 0.3 is 0 Å². The van der Waals surface area contributed by atoms with Crippen molar-refractivity contribution in [2.45, 2.75) is 70.2 Å². The van der Waals surface area contributed by atoms with E-state index in [1.54, 1.807) is 13.2 Å². The van der Waals surface area contributed by atoms with Gasteiger partial charge in [0.2, 0.25) is 10.0 Å². The normalized spacial score (nSPS) is 16.0. The first-order valence-electron chi connectivity index (χ1n) is 12.3. The molecule has 0 aliphatic carbocycles. The van der Waals surface area contributed by atoms with Crippen molar-refractivity contribution < 1.29 is 22.7 Å². The molecule has 0 unspecified atom stereocenters. The first-order chi connectivity index (χ1) is 16.6. The summed E-state index contributed by atoms with van der Waals surface area (Å²) in [6.45, 7) is 9.10. The monoisotopic (exact) mass is 502 g/mol. The molecule has 0 aromatic heterocycles. The number of rotatable bonds is 8. The lowest BCUT2D eigenvalue weighted by molar-refractivity contribution is 0.0936. The van der Waals surface area contributed by atoms with Crippen LogP contribution in [0.5, 0.6) is 11.5 Å². The Balaban J connectivity index is 1.91. The highest BCUT2D eigenvalue weighted by atomic mass is 32.2. The first kappa shape index (κ1) is 27.0. The lowest BCUT2D eigenvalue weighted by Crippen LogP contribution is -2.32. The SMILES string of the molecule is COc1ccc(S(=O)(=O)N2CCCCCC2)cc1C(=O)N[C@H](C)c1cc(C(C)C)c(OC)cc1C. The molecule has 8 heteroatoms. The van der Waals surface area contributed by atoms with Crippen LogP contribution in [0.2, 0.25) is 0 Å². The molecule has 1 N–H and O–H groups in total. The molecule has 1 amide bonds. The van der Waals surface area contributed by atoms with Gasteiger partial charge in [0, 0.05) is 13.1 Å². The third-order valence-electron chi connectivity index (χ3n) is 6.67. The smallest absolute Gasteiger partial charge is 0.255 e. The van der Waals surface area contributed by atoms with Gasteiger partial charge < -0.3 is 14.8 Å². The molecule has 7 nitrogen and oxygen atoms in total. The molecule has 3 rings (SSSR count). The molecule has 2 aromatic carbocycles. The van der Waals surface area contributed by atoms with Gasteiger partial charge in [0.05, 0.1) is 30.7 Å². The Morgan fingerprint density at radius 1 is 0.914 bits per heavy atom. The van der Waals surface area contributed by atoms with Gasteiger partial charge in [0.15, 0.2) is 0 Å². The molecule has 1 aliphatic heterocycles. The summed E-state index contributed by atoms with van der Waals surface area (Å²) >= 11 is 0. The van der Waals surface area contributed by atoms with E-state index in [4.69, 9.17) is 9.47 Å². The van der Waals surface area contributed by atoms with Crippen LogP contribution in [-0.4, -0.2) is 45.9 Å². The van der Waals surface area contributed by atoms with Crippen LogP contribution in [-0.2, 0) is 10.0 Å². The predicted octanol–water partition coefficient (Wildman–Crippen LogP) is 5.19. The summed E-state index contributed by atoms with van der Waals surface area (Å²) < 4.78 is 39.1. The summed E-state index contributed by atoms with van der Waals surface area (Å²) in [6.07, 6.45) is 3.76. The molecular formula is C27H38N2O5S. The molecule has 35 heavy (non-hydrogen) atoms. The molecule has 1 aliphatic rings. The average Bonchev–Trinajstić information content (AvgIpc) is 3.13. The van der Waals surface area contributed by atoms with Gasteiger partial charge in [-0.15, -0.1) is 0 Å². The number of sulfonamides is 1. The lowest BCUT2D eigenvalue weighted by Gasteiger charge is -2.22. The standard InChI is InChI=1S/C27H38N2O5S/c1-18(2)22-17-23(19(3)15-26(22)34-6)20(4)28-27(30)24-16-21(11-12-25(24)33-5)35(31,32)29-13-9-7-8-10-14-29/h11-12,15-18,20H,7-10,13-14H2,1-6H3,(H,28,30)/t20-/m1/s1. The maximum atomic E-state index is 13.3. The van der Waals surface area contributed by atoms with Gasteiger partial charge in [-0.3, -0.25) is 4.79 Å². The van der Waals surface area contributed by atoms with Crippen molar-refractivity contribution in [2.24, 2.45) is 0 Å². The second kappa shape index (κ2) is 11.4. The molecule has 1 fully saturated rings. The Kier molecular flexibility index (Phi) is 8.83.